The van der Waals surface area contributed by atoms with Crippen molar-refractivity contribution >= 4 is 33.6 Å². The van der Waals surface area contributed by atoms with Crippen molar-refractivity contribution in [1.29, 1.82) is 10.5 Å². The molecule has 0 fully saturated rings. The number of anilines is 2. The molecule has 1 aromatic carbocycles. The minimum atomic E-state index is 0.556. The van der Waals surface area contributed by atoms with Gasteiger partial charge in [0.05, 0.1) is 23.4 Å². The second-order valence-electron chi connectivity index (χ2n) is 4.80. The Morgan fingerprint density at radius 1 is 1.29 bits per heavy atom. The van der Waals surface area contributed by atoms with Crippen molar-refractivity contribution in [3.05, 3.63) is 44.8 Å². The molecule has 0 saturated carbocycles. The van der Waals surface area contributed by atoms with Crippen molar-refractivity contribution in [2.75, 3.05) is 17.2 Å². The van der Waals surface area contributed by atoms with Gasteiger partial charge in [-0.25, -0.2) is 0 Å². The largest absolute Gasteiger partial charge is 0.389 e. The summed E-state index contributed by atoms with van der Waals surface area (Å²) in [5.74, 6) is 0. The molecule has 0 aliphatic carbocycles. The van der Waals surface area contributed by atoms with Crippen molar-refractivity contribution in [3.63, 3.8) is 0 Å². The van der Waals surface area contributed by atoms with E-state index in [-0.39, 0.29) is 0 Å². The molecule has 2 aromatic rings. The van der Waals surface area contributed by atoms with E-state index in [4.69, 9.17) is 22.6 Å². The minimum absolute atomic E-state index is 0.556. The fourth-order valence-corrected chi connectivity index (χ4v) is 3.88. The number of fused-ring (bicyclic) bond motifs is 1. The van der Waals surface area contributed by atoms with E-state index in [9.17, 15) is 5.26 Å². The van der Waals surface area contributed by atoms with Crippen molar-refractivity contribution in [3.8, 4) is 12.1 Å². The number of rotatable bonds is 1. The van der Waals surface area contributed by atoms with Crippen LogP contribution in [0.4, 0.5) is 10.7 Å². The van der Waals surface area contributed by atoms with E-state index in [2.05, 4.69) is 17.0 Å². The first kappa shape index (κ1) is 13.8. The molecule has 3 rings (SSSR count). The maximum absolute atomic E-state index is 9.26. The molecule has 0 radical (unpaired) electrons. The highest BCUT2D eigenvalue weighted by Gasteiger charge is 2.24. The molecule has 2 N–H and O–H groups in total. The van der Waals surface area contributed by atoms with Crippen molar-refractivity contribution in [1.82, 2.24) is 0 Å². The van der Waals surface area contributed by atoms with Crippen LogP contribution in [0.15, 0.2) is 18.2 Å². The minimum Gasteiger partial charge on any atom is -0.389 e. The molecule has 1 aromatic heterocycles. The fraction of sp³-hybridized carbons (Fsp3) is 0.200. The van der Waals surface area contributed by atoms with E-state index in [1.807, 2.05) is 6.07 Å². The zero-order chi connectivity index (χ0) is 15.0. The van der Waals surface area contributed by atoms with Crippen LogP contribution in [0, 0.1) is 22.7 Å². The third kappa shape index (κ3) is 2.31. The molecule has 0 unspecified atom stereocenters. The Bertz CT molecular complexity index is 797. The summed E-state index contributed by atoms with van der Waals surface area (Å²) in [6.07, 6.45) is 0.763. The molecule has 1 aliphatic heterocycles. The average Bonchev–Trinajstić information content (AvgIpc) is 2.81. The van der Waals surface area contributed by atoms with Gasteiger partial charge in [-0.1, -0.05) is 11.6 Å². The molecule has 0 bridgehead atoms. The predicted molar refractivity (Wildman–Crippen MR) is 84.4 cm³/mol. The Morgan fingerprint density at radius 3 is 2.81 bits per heavy atom. The molecule has 4 nitrogen and oxygen atoms in total. The lowest BCUT2D eigenvalue weighted by Gasteiger charge is -2.29. The third-order valence-corrected chi connectivity index (χ3v) is 4.90. The van der Waals surface area contributed by atoms with Gasteiger partial charge in [0.15, 0.2) is 0 Å². The topological polar surface area (TPSA) is 76.8 Å². The van der Waals surface area contributed by atoms with Gasteiger partial charge in [0.25, 0.3) is 0 Å². The van der Waals surface area contributed by atoms with Gasteiger partial charge >= 0.3 is 0 Å². The second-order valence-corrected chi connectivity index (χ2v) is 6.37. The molecular formula is C15H11ClN4S. The summed E-state index contributed by atoms with van der Waals surface area (Å²) in [6, 6.07) is 9.70. The number of benzene rings is 1. The quantitative estimate of drug-likeness (QED) is 0.876. The third-order valence-electron chi connectivity index (χ3n) is 3.62. The Kier molecular flexibility index (Phi) is 3.47. The summed E-state index contributed by atoms with van der Waals surface area (Å²) in [6.45, 7) is 1.43. The van der Waals surface area contributed by atoms with Gasteiger partial charge in [-0.15, -0.1) is 11.3 Å². The van der Waals surface area contributed by atoms with Crippen LogP contribution in [-0.2, 0) is 13.0 Å². The first-order valence-corrected chi connectivity index (χ1v) is 7.58. The van der Waals surface area contributed by atoms with Gasteiger partial charge in [-0.05, 0) is 30.2 Å². The van der Waals surface area contributed by atoms with Crippen molar-refractivity contribution < 1.29 is 0 Å². The number of nitrogen functional groups attached to an aromatic ring is 1. The van der Waals surface area contributed by atoms with Crippen molar-refractivity contribution in [2.24, 2.45) is 0 Å². The summed E-state index contributed by atoms with van der Waals surface area (Å²) in [7, 11) is 0. The second kappa shape index (κ2) is 5.29. The zero-order valence-electron chi connectivity index (χ0n) is 11.1. The Balaban J connectivity index is 1.98. The maximum atomic E-state index is 9.26. The molecular weight excluding hydrogens is 304 g/mol. The number of thiophene rings is 1. The molecule has 0 spiro atoms. The molecule has 104 valence electrons. The summed E-state index contributed by atoms with van der Waals surface area (Å²) >= 11 is 7.40. The smallest absolute Gasteiger partial charge is 0.104 e. The predicted octanol–water partition coefficient (Wildman–Crippen LogP) is 3.29. The standard InChI is InChI=1S/C15H11ClN4S/c16-10-1-2-13(9(5-10)6-17)20-4-3-11-12(7-18)15(19)21-14(11)8-20/h1-2,5H,3-4,8,19H2. The van der Waals surface area contributed by atoms with Crippen LogP contribution < -0.4 is 10.6 Å². The van der Waals surface area contributed by atoms with Crippen LogP contribution in [0.3, 0.4) is 0 Å². The summed E-state index contributed by atoms with van der Waals surface area (Å²) in [5.41, 5.74) is 9.01. The average molecular weight is 315 g/mol. The van der Waals surface area contributed by atoms with Gasteiger partial charge in [-0.2, -0.15) is 10.5 Å². The lowest BCUT2D eigenvalue weighted by molar-refractivity contribution is 0.742. The van der Waals surface area contributed by atoms with Crippen LogP contribution in [0.2, 0.25) is 5.02 Å². The Morgan fingerprint density at radius 2 is 2.10 bits per heavy atom. The Labute approximate surface area is 131 Å². The molecule has 6 heteroatoms. The number of nitrogens with two attached hydrogens (primary N) is 1. The van der Waals surface area contributed by atoms with E-state index < -0.39 is 0 Å². The molecule has 21 heavy (non-hydrogen) atoms. The highest BCUT2D eigenvalue weighted by molar-refractivity contribution is 7.16. The van der Waals surface area contributed by atoms with E-state index in [1.54, 1.807) is 12.1 Å². The van der Waals surface area contributed by atoms with E-state index in [0.29, 0.717) is 27.7 Å². The summed E-state index contributed by atoms with van der Waals surface area (Å²) in [5, 5.41) is 19.6. The number of nitrogens with zero attached hydrogens (tertiary/aromatic N) is 3. The van der Waals surface area contributed by atoms with Crippen LogP contribution in [0.25, 0.3) is 0 Å². The van der Waals surface area contributed by atoms with Crippen molar-refractivity contribution in [2.45, 2.75) is 13.0 Å². The zero-order valence-corrected chi connectivity index (χ0v) is 12.6. The van der Waals surface area contributed by atoms with Gasteiger partial charge in [-0.3, -0.25) is 0 Å². The summed E-state index contributed by atoms with van der Waals surface area (Å²) in [4.78, 5) is 3.24. The maximum Gasteiger partial charge on any atom is 0.104 e. The highest BCUT2D eigenvalue weighted by Crippen LogP contribution is 2.37. The monoisotopic (exact) mass is 314 g/mol. The van der Waals surface area contributed by atoms with Crippen LogP contribution in [0.1, 0.15) is 21.6 Å². The molecule has 0 amide bonds. The first-order valence-electron chi connectivity index (χ1n) is 6.38. The number of hydrogen-bond donors (Lipinski definition) is 1. The lowest BCUT2D eigenvalue weighted by Crippen LogP contribution is -2.30. The number of hydrogen-bond acceptors (Lipinski definition) is 5. The molecule has 1 aliphatic rings. The summed E-state index contributed by atoms with van der Waals surface area (Å²) < 4.78 is 0. The van der Waals surface area contributed by atoms with Gasteiger partial charge < -0.3 is 10.6 Å². The van der Waals surface area contributed by atoms with Crippen LogP contribution >= 0.6 is 22.9 Å². The SMILES string of the molecule is N#Cc1cc(Cl)ccc1N1CCc2c(sc(N)c2C#N)C1. The molecule has 0 saturated heterocycles. The van der Waals surface area contributed by atoms with E-state index in [1.165, 1.54) is 11.3 Å². The van der Waals surface area contributed by atoms with E-state index in [0.717, 1.165) is 29.1 Å². The van der Waals surface area contributed by atoms with Gasteiger partial charge in [0.1, 0.15) is 17.1 Å². The number of nitriles is 2. The van der Waals surface area contributed by atoms with E-state index >= 15 is 0 Å². The first-order chi connectivity index (χ1) is 10.1. The van der Waals surface area contributed by atoms with Crippen LogP contribution in [-0.4, -0.2) is 6.54 Å². The fourth-order valence-electron chi connectivity index (χ4n) is 2.63. The number of halogens is 1. The van der Waals surface area contributed by atoms with Crippen LogP contribution in [0.5, 0.6) is 0 Å². The normalized spacial score (nSPS) is 13.4. The highest BCUT2D eigenvalue weighted by atomic mass is 35.5. The molecule has 0 atom stereocenters. The lowest BCUT2D eigenvalue weighted by atomic mass is 10.0. The Hall–Kier alpha value is -2.21. The van der Waals surface area contributed by atoms with Gasteiger partial charge in [0, 0.05) is 16.4 Å². The van der Waals surface area contributed by atoms with Gasteiger partial charge in [0.2, 0.25) is 0 Å². The molecule has 2 heterocycles.